The molecule has 0 aromatic carbocycles. The van der Waals surface area contributed by atoms with Crippen molar-refractivity contribution in [3.8, 4) is 0 Å². The van der Waals surface area contributed by atoms with E-state index in [9.17, 15) is 5.11 Å². The van der Waals surface area contributed by atoms with Crippen molar-refractivity contribution >= 4 is 17.0 Å². The predicted molar refractivity (Wildman–Crippen MR) is 73.5 cm³/mol. The molecule has 0 aliphatic rings. The third kappa shape index (κ3) is 2.99. The number of imidazole rings is 1. The summed E-state index contributed by atoms with van der Waals surface area (Å²) in [5.74, 6) is 0.363. The van der Waals surface area contributed by atoms with Crippen molar-refractivity contribution in [1.82, 2.24) is 24.4 Å². The molecule has 0 radical (unpaired) electrons. The Morgan fingerprint density at radius 2 is 2.05 bits per heavy atom. The Labute approximate surface area is 112 Å². The first kappa shape index (κ1) is 13.7. The van der Waals surface area contributed by atoms with Gasteiger partial charge < -0.3 is 20.3 Å². The molecule has 1 atom stereocenters. The van der Waals surface area contributed by atoms with Crippen LogP contribution in [0.25, 0.3) is 11.2 Å². The van der Waals surface area contributed by atoms with Crippen LogP contribution in [0.4, 0.5) is 5.82 Å². The molecule has 7 heteroatoms. The molecule has 2 aromatic heterocycles. The third-order valence-electron chi connectivity index (χ3n) is 3.20. The van der Waals surface area contributed by atoms with Crippen molar-refractivity contribution in [3.63, 3.8) is 0 Å². The van der Waals surface area contributed by atoms with Crippen molar-refractivity contribution in [3.05, 3.63) is 12.7 Å². The molecule has 0 saturated carbocycles. The highest BCUT2D eigenvalue weighted by Crippen LogP contribution is 2.14. The number of hydrogen-bond acceptors (Lipinski definition) is 6. The second kappa shape index (κ2) is 5.94. The van der Waals surface area contributed by atoms with Crippen LogP contribution in [0, 0.1) is 0 Å². The molecule has 0 amide bonds. The zero-order valence-electron chi connectivity index (χ0n) is 11.3. The SMILES string of the molecule is CCN(CC)CC(O)Cn1cnc2c(N)ncnc21. The molecule has 104 valence electrons. The van der Waals surface area contributed by atoms with E-state index in [1.54, 1.807) is 6.33 Å². The lowest BCUT2D eigenvalue weighted by molar-refractivity contribution is 0.104. The van der Waals surface area contributed by atoms with Crippen molar-refractivity contribution in [2.24, 2.45) is 0 Å². The van der Waals surface area contributed by atoms with E-state index in [0.717, 1.165) is 13.1 Å². The molecule has 1 unspecified atom stereocenters. The molecule has 2 aromatic rings. The van der Waals surface area contributed by atoms with Gasteiger partial charge in [0.25, 0.3) is 0 Å². The zero-order valence-corrected chi connectivity index (χ0v) is 11.3. The minimum Gasteiger partial charge on any atom is -0.390 e. The summed E-state index contributed by atoms with van der Waals surface area (Å²) in [4.78, 5) is 14.4. The molecule has 2 heterocycles. The molecule has 7 nitrogen and oxygen atoms in total. The number of aliphatic hydroxyl groups is 1. The standard InChI is InChI=1S/C12H20N6O/c1-3-17(4-2)5-9(19)6-18-8-16-10-11(13)14-7-15-12(10)18/h7-9,19H,3-6H2,1-2H3,(H2,13,14,15). The van der Waals surface area contributed by atoms with Gasteiger partial charge in [0, 0.05) is 6.54 Å². The molecule has 0 fully saturated rings. The predicted octanol–water partition coefficient (Wildman–Crippen LogP) is 0.111. The molecule has 0 spiro atoms. The molecule has 0 aliphatic heterocycles. The van der Waals surface area contributed by atoms with Gasteiger partial charge in [-0.3, -0.25) is 0 Å². The third-order valence-corrected chi connectivity index (χ3v) is 3.20. The highest BCUT2D eigenvalue weighted by Gasteiger charge is 2.13. The second-order valence-corrected chi connectivity index (χ2v) is 4.47. The zero-order chi connectivity index (χ0) is 13.8. The first-order chi connectivity index (χ1) is 9.15. The average Bonchev–Trinajstić information content (AvgIpc) is 2.81. The van der Waals surface area contributed by atoms with E-state index in [4.69, 9.17) is 5.73 Å². The largest absolute Gasteiger partial charge is 0.390 e. The van der Waals surface area contributed by atoms with Crippen LogP contribution in [0.1, 0.15) is 13.8 Å². The van der Waals surface area contributed by atoms with Crippen molar-refractivity contribution < 1.29 is 5.11 Å². The van der Waals surface area contributed by atoms with Gasteiger partial charge >= 0.3 is 0 Å². The summed E-state index contributed by atoms with van der Waals surface area (Å²) in [6.45, 7) is 7.09. The second-order valence-electron chi connectivity index (χ2n) is 4.47. The van der Waals surface area contributed by atoms with E-state index in [1.165, 1.54) is 6.33 Å². The van der Waals surface area contributed by atoms with Gasteiger partial charge in [0.15, 0.2) is 11.5 Å². The van der Waals surface area contributed by atoms with E-state index < -0.39 is 6.10 Å². The van der Waals surface area contributed by atoms with Crippen molar-refractivity contribution in [1.29, 1.82) is 0 Å². The normalized spacial score (nSPS) is 13.3. The van der Waals surface area contributed by atoms with Crippen LogP contribution in [0.5, 0.6) is 0 Å². The maximum absolute atomic E-state index is 10.1. The number of nitrogens with two attached hydrogens (primary N) is 1. The minimum absolute atomic E-state index is 0.363. The van der Waals surface area contributed by atoms with Crippen LogP contribution in [0.3, 0.4) is 0 Å². The van der Waals surface area contributed by atoms with Gasteiger partial charge in [-0.15, -0.1) is 0 Å². The summed E-state index contributed by atoms with van der Waals surface area (Å²) in [6.07, 6.45) is 2.59. The molecular weight excluding hydrogens is 244 g/mol. The van der Waals surface area contributed by atoms with Crippen molar-refractivity contribution in [2.45, 2.75) is 26.5 Å². The van der Waals surface area contributed by atoms with Crippen LogP contribution in [0.2, 0.25) is 0 Å². The summed E-state index contributed by atoms with van der Waals surface area (Å²) in [5.41, 5.74) is 6.97. The number of anilines is 1. The summed E-state index contributed by atoms with van der Waals surface area (Å²) in [6, 6.07) is 0. The summed E-state index contributed by atoms with van der Waals surface area (Å²) < 4.78 is 1.81. The molecular formula is C12H20N6O. The maximum Gasteiger partial charge on any atom is 0.165 e. The maximum atomic E-state index is 10.1. The van der Waals surface area contributed by atoms with E-state index in [1.807, 2.05) is 4.57 Å². The molecule has 2 rings (SSSR count). The topological polar surface area (TPSA) is 93.1 Å². The van der Waals surface area contributed by atoms with Crippen LogP contribution in [-0.2, 0) is 6.54 Å². The monoisotopic (exact) mass is 264 g/mol. The Bertz CT molecular complexity index is 536. The number of hydrogen-bond donors (Lipinski definition) is 2. The van der Waals surface area contributed by atoms with Crippen LogP contribution >= 0.6 is 0 Å². The van der Waals surface area contributed by atoms with E-state index in [0.29, 0.717) is 30.1 Å². The quantitative estimate of drug-likeness (QED) is 0.769. The highest BCUT2D eigenvalue weighted by molar-refractivity contribution is 5.81. The number of nitrogens with zero attached hydrogens (tertiary/aromatic N) is 5. The lowest BCUT2D eigenvalue weighted by atomic mass is 10.3. The van der Waals surface area contributed by atoms with Gasteiger partial charge in [-0.2, -0.15) is 0 Å². The fourth-order valence-corrected chi connectivity index (χ4v) is 2.10. The van der Waals surface area contributed by atoms with Gasteiger partial charge in [-0.25, -0.2) is 15.0 Å². The van der Waals surface area contributed by atoms with E-state index >= 15 is 0 Å². The van der Waals surface area contributed by atoms with E-state index in [2.05, 4.69) is 33.7 Å². The summed E-state index contributed by atoms with van der Waals surface area (Å²) >= 11 is 0. The molecule has 0 aliphatic carbocycles. The number of rotatable bonds is 6. The van der Waals surface area contributed by atoms with Crippen LogP contribution < -0.4 is 5.73 Å². The number of fused-ring (bicyclic) bond motifs is 1. The highest BCUT2D eigenvalue weighted by atomic mass is 16.3. The fraction of sp³-hybridized carbons (Fsp3) is 0.583. The number of nitrogen functional groups attached to an aromatic ring is 1. The Kier molecular flexibility index (Phi) is 4.28. The summed E-state index contributed by atoms with van der Waals surface area (Å²) in [5, 5.41) is 10.1. The van der Waals surface area contributed by atoms with Gasteiger partial charge in [-0.05, 0) is 13.1 Å². The van der Waals surface area contributed by atoms with Gasteiger partial charge in [-0.1, -0.05) is 13.8 Å². The minimum atomic E-state index is -0.464. The Balaban J connectivity index is 2.11. The van der Waals surface area contributed by atoms with Gasteiger partial charge in [0.05, 0.1) is 19.0 Å². The lowest BCUT2D eigenvalue weighted by Crippen LogP contribution is -2.34. The Hall–Kier alpha value is -1.73. The van der Waals surface area contributed by atoms with Crippen molar-refractivity contribution in [2.75, 3.05) is 25.4 Å². The summed E-state index contributed by atoms with van der Waals surface area (Å²) in [7, 11) is 0. The molecule has 0 bridgehead atoms. The Morgan fingerprint density at radius 3 is 2.74 bits per heavy atom. The lowest BCUT2D eigenvalue weighted by Gasteiger charge is -2.22. The first-order valence-corrected chi connectivity index (χ1v) is 6.47. The first-order valence-electron chi connectivity index (χ1n) is 6.47. The fourth-order valence-electron chi connectivity index (χ4n) is 2.10. The van der Waals surface area contributed by atoms with Gasteiger partial charge in [0.1, 0.15) is 11.8 Å². The van der Waals surface area contributed by atoms with Crippen LogP contribution in [-0.4, -0.2) is 55.3 Å². The Morgan fingerprint density at radius 1 is 1.32 bits per heavy atom. The van der Waals surface area contributed by atoms with E-state index in [-0.39, 0.29) is 0 Å². The molecule has 19 heavy (non-hydrogen) atoms. The van der Waals surface area contributed by atoms with Crippen LogP contribution in [0.15, 0.2) is 12.7 Å². The van der Waals surface area contributed by atoms with Gasteiger partial charge in [0.2, 0.25) is 0 Å². The molecule has 0 saturated heterocycles. The molecule has 3 N–H and O–H groups in total. The average molecular weight is 264 g/mol. The number of aliphatic hydroxyl groups excluding tert-OH is 1. The number of likely N-dealkylation sites (N-methyl/N-ethyl adjacent to an activating group) is 1. The number of aromatic nitrogens is 4. The smallest absolute Gasteiger partial charge is 0.165 e.